The molecule has 0 saturated carbocycles. The van der Waals surface area contributed by atoms with Crippen molar-refractivity contribution in [2.75, 3.05) is 13.2 Å². The van der Waals surface area contributed by atoms with Gasteiger partial charge in [-0.15, -0.1) is 0 Å². The molecule has 0 bridgehead atoms. The van der Waals surface area contributed by atoms with E-state index in [2.05, 4.69) is 56.8 Å². The average molecular weight is 586 g/mol. The summed E-state index contributed by atoms with van der Waals surface area (Å²) in [4.78, 5) is 3.13. The summed E-state index contributed by atoms with van der Waals surface area (Å²) in [5.74, 6) is 1.11. The van der Waals surface area contributed by atoms with Crippen LogP contribution in [0.5, 0.6) is 0 Å². The van der Waals surface area contributed by atoms with Crippen molar-refractivity contribution in [2.45, 2.75) is 136 Å². The SMILES string of the molecule is CCCCCCCCCCC/C=C/C[C@@H](C)[C@@H](C)[C@@H](COC1OC(COC(O)c2ccccc2)CC(C)C1C)N=[N+]=[N-]. The van der Waals surface area contributed by atoms with Gasteiger partial charge in [0.15, 0.2) is 12.6 Å². The molecule has 0 amide bonds. The van der Waals surface area contributed by atoms with Gasteiger partial charge in [0.25, 0.3) is 0 Å². The van der Waals surface area contributed by atoms with Crippen molar-refractivity contribution in [2.24, 2.45) is 28.8 Å². The molecule has 0 aliphatic carbocycles. The van der Waals surface area contributed by atoms with Gasteiger partial charge in [0.1, 0.15) is 0 Å². The lowest BCUT2D eigenvalue weighted by atomic mass is 9.86. The summed E-state index contributed by atoms with van der Waals surface area (Å²) in [5.41, 5.74) is 9.99. The maximum atomic E-state index is 10.4. The number of allylic oxidation sites excluding steroid dienone is 2. The predicted molar refractivity (Wildman–Crippen MR) is 172 cm³/mol. The van der Waals surface area contributed by atoms with E-state index in [1.54, 1.807) is 0 Å². The number of hydrogen-bond donors (Lipinski definition) is 1. The molecule has 1 N–H and O–H groups in total. The van der Waals surface area contributed by atoms with E-state index in [0.29, 0.717) is 18.4 Å². The van der Waals surface area contributed by atoms with Crippen LogP contribution >= 0.6 is 0 Å². The van der Waals surface area contributed by atoms with Gasteiger partial charge in [0.05, 0.1) is 25.4 Å². The Bertz CT molecular complexity index is 891. The molecule has 8 atom stereocenters. The van der Waals surface area contributed by atoms with Gasteiger partial charge in [-0.25, -0.2) is 0 Å². The fourth-order valence-electron chi connectivity index (χ4n) is 5.62. The summed E-state index contributed by atoms with van der Waals surface area (Å²) in [6, 6.07) is 9.09. The van der Waals surface area contributed by atoms with Gasteiger partial charge in [-0.2, -0.15) is 0 Å². The van der Waals surface area contributed by atoms with Crippen molar-refractivity contribution >= 4 is 0 Å². The second-order valence-electron chi connectivity index (χ2n) is 12.6. The van der Waals surface area contributed by atoms with Crippen molar-refractivity contribution in [1.29, 1.82) is 0 Å². The third-order valence-electron chi connectivity index (χ3n) is 9.10. The summed E-state index contributed by atoms with van der Waals surface area (Å²) < 4.78 is 18.3. The van der Waals surface area contributed by atoms with Gasteiger partial charge in [0, 0.05) is 16.4 Å². The van der Waals surface area contributed by atoms with Crippen LogP contribution in [-0.4, -0.2) is 36.8 Å². The number of ether oxygens (including phenoxy) is 3. The lowest BCUT2D eigenvalue weighted by molar-refractivity contribution is -0.251. The summed E-state index contributed by atoms with van der Waals surface area (Å²) in [5, 5.41) is 14.5. The zero-order valence-electron chi connectivity index (χ0n) is 27.1. The number of aliphatic hydroxyl groups is 1. The van der Waals surface area contributed by atoms with E-state index in [1.807, 2.05) is 30.3 Å². The van der Waals surface area contributed by atoms with E-state index in [-0.39, 0.29) is 30.6 Å². The molecule has 1 aliphatic rings. The molecule has 42 heavy (non-hydrogen) atoms. The van der Waals surface area contributed by atoms with Gasteiger partial charge in [-0.05, 0) is 49.0 Å². The number of nitrogens with zero attached hydrogens (tertiary/aromatic N) is 3. The van der Waals surface area contributed by atoms with Crippen molar-refractivity contribution in [3.63, 3.8) is 0 Å². The van der Waals surface area contributed by atoms with Gasteiger partial charge in [-0.1, -0.05) is 134 Å². The Labute approximate surface area is 256 Å². The first-order valence-corrected chi connectivity index (χ1v) is 16.7. The largest absolute Gasteiger partial charge is 0.364 e. The molecule has 1 aromatic rings. The lowest BCUT2D eigenvalue weighted by Crippen LogP contribution is -2.43. The van der Waals surface area contributed by atoms with Crippen LogP contribution in [0, 0.1) is 23.7 Å². The van der Waals surface area contributed by atoms with Crippen molar-refractivity contribution < 1.29 is 19.3 Å². The number of hydrogen-bond acceptors (Lipinski definition) is 5. The molecular weight excluding hydrogens is 526 g/mol. The van der Waals surface area contributed by atoms with Crippen LogP contribution < -0.4 is 0 Å². The van der Waals surface area contributed by atoms with Gasteiger partial charge >= 0.3 is 0 Å². The Hall–Kier alpha value is -1.89. The van der Waals surface area contributed by atoms with E-state index in [4.69, 9.17) is 14.2 Å². The maximum Gasteiger partial charge on any atom is 0.181 e. The molecule has 0 spiro atoms. The van der Waals surface area contributed by atoms with E-state index in [1.165, 1.54) is 57.8 Å². The molecule has 7 nitrogen and oxygen atoms in total. The van der Waals surface area contributed by atoms with Crippen LogP contribution in [0.15, 0.2) is 47.6 Å². The second-order valence-corrected chi connectivity index (χ2v) is 12.6. The van der Waals surface area contributed by atoms with Crippen LogP contribution in [-0.2, 0) is 14.2 Å². The summed E-state index contributed by atoms with van der Waals surface area (Å²) in [6.45, 7) is 11.6. The highest BCUT2D eigenvalue weighted by Gasteiger charge is 2.35. The minimum Gasteiger partial charge on any atom is -0.364 e. The molecule has 0 aromatic heterocycles. The first-order chi connectivity index (χ1) is 20.4. The first-order valence-electron chi connectivity index (χ1n) is 16.7. The number of benzene rings is 1. The minimum atomic E-state index is -0.986. The number of unbranched alkanes of at least 4 members (excludes halogenated alkanes) is 9. The van der Waals surface area contributed by atoms with E-state index < -0.39 is 12.6 Å². The quantitative estimate of drug-likeness (QED) is 0.0366. The summed E-state index contributed by atoms with van der Waals surface area (Å²) >= 11 is 0. The Kier molecular flexibility index (Phi) is 18.8. The first kappa shape index (κ1) is 36.3. The molecule has 1 fully saturated rings. The highest BCUT2D eigenvalue weighted by Crippen LogP contribution is 2.32. The molecule has 1 saturated heterocycles. The maximum absolute atomic E-state index is 10.4. The number of azide groups is 1. The summed E-state index contributed by atoms with van der Waals surface area (Å²) in [7, 11) is 0. The molecule has 1 aromatic carbocycles. The Balaban J connectivity index is 1.73. The van der Waals surface area contributed by atoms with Crippen LogP contribution in [0.3, 0.4) is 0 Å². The molecule has 7 heteroatoms. The molecular formula is C35H59N3O4. The third kappa shape index (κ3) is 14.1. The zero-order chi connectivity index (χ0) is 30.6. The smallest absolute Gasteiger partial charge is 0.181 e. The van der Waals surface area contributed by atoms with E-state index >= 15 is 0 Å². The van der Waals surface area contributed by atoms with Crippen LogP contribution in [0.25, 0.3) is 10.4 Å². The fraction of sp³-hybridized carbons (Fsp3) is 0.771. The monoisotopic (exact) mass is 585 g/mol. The molecule has 5 unspecified atom stereocenters. The third-order valence-corrected chi connectivity index (χ3v) is 9.10. The second kappa shape index (κ2) is 21.7. The van der Waals surface area contributed by atoms with Gasteiger partial charge in [0.2, 0.25) is 0 Å². The Morgan fingerprint density at radius 2 is 1.69 bits per heavy atom. The fourth-order valence-corrected chi connectivity index (χ4v) is 5.62. The van der Waals surface area contributed by atoms with Crippen LogP contribution in [0.4, 0.5) is 0 Å². The van der Waals surface area contributed by atoms with E-state index in [9.17, 15) is 10.6 Å². The molecule has 2 rings (SSSR count). The molecule has 1 heterocycles. The van der Waals surface area contributed by atoms with Crippen LogP contribution in [0.1, 0.15) is 124 Å². The van der Waals surface area contributed by atoms with Crippen molar-refractivity contribution in [3.8, 4) is 0 Å². The summed E-state index contributed by atoms with van der Waals surface area (Å²) in [6.07, 6.45) is 18.2. The Morgan fingerprint density at radius 3 is 2.36 bits per heavy atom. The topological polar surface area (TPSA) is 96.7 Å². The average Bonchev–Trinajstić information content (AvgIpc) is 3.00. The minimum absolute atomic E-state index is 0.176. The molecule has 238 valence electrons. The van der Waals surface area contributed by atoms with E-state index in [0.717, 1.165) is 24.8 Å². The van der Waals surface area contributed by atoms with Gasteiger partial charge < -0.3 is 19.3 Å². The standard InChI is InChI=1S/C35H59N3O4/c1-6-7-8-9-10-11-12-13-14-15-16-18-21-27(2)29(4)33(37-38-36)26-41-35-30(5)28(3)24-32(42-35)25-40-34(39)31-22-19-17-20-23-31/h16-20,22-23,27-30,32-35,39H,6-15,21,24-26H2,1-5H3/b18-16+/t27-,28?,29-,30?,32?,33-,34?,35?/m1/s1. The normalized spacial score (nSPS) is 23.8. The van der Waals surface area contributed by atoms with Crippen LogP contribution in [0.2, 0.25) is 0 Å². The number of aliphatic hydroxyl groups excluding tert-OH is 1. The van der Waals surface area contributed by atoms with Gasteiger partial charge in [-0.3, -0.25) is 0 Å². The highest BCUT2D eigenvalue weighted by molar-refractivity contribution is 5.15. The van der Waals surface area contributed by atoms with Crippen molar-refractivity contribution in [3.05, 3.63) is 58.5 Å². The molecule has 1 aliphatic heterocycles. The van der Waals surface area contributed by atoms with Crippen molar-refractivity contribution in [1.82, 2.24) is 0 Å². The lowest BCUT2D eigenvalue weighted by Gasteiger charge is -2.39. The molecule has 0 radical (unpaired) electrons. The number of rotatable bonds is 22. The Morgan fingerprint density at radius 1 is 1.02 bits per heavy atom. The zero-order valence-corrected chi connectivity index (χ0v) is 27.1. The predicted octanol–water partition coefficient (Wildman–Crippen LogP) is 9.92. The highest BCUT2D eigenvalue weighted by atomic mass is 16.7.